The normalized spacial score (nSPS) is 10.4. The molecule has 0 radical (unpaired) electrons. The number of rotatable bonds is 4. The zero-order valence-electron chi connectivity index (χ0n) is 11.3. The molecule has 6 nitrogen and oxygen atoms in total. The molecule has 2 N–H and O–H groups in total. The second-order valence-corrected chi connectivity index (χ2v) is 4.87. The van der Waals surface area contributed by atoms with Gasteiger partial charge in [-0.15, -0.1) is 0 Å². The highest BCUT2D eigenvalue weighted by Gasteiger charge is 2.13. The van der Waals surface area contributed by atoms with E-state index in [0.29, 0.717) is 22.3 Å². The molecule has 0 fully saturated rings. The molecule has 0 saturated carbocycles. The third-order valence-corrected chi connectivity index (χ3v) is 3.22. The smallest absolute Gasteiger partial charge is 0.337 e. The van der Waals surface area contributed by atoms with Gasteiger partial charge in [-0.2, -0.15) is 9.78 Å². The van der Waals surface area contributed by atoms with E-state index in [1.54, 1.807) is 41.3 Å². The Morgan fingerprint density at radius 2 is 2.05 bits per heavy atom. The number of carboxylic acid groups (broad SMARTS) is 1. The number of nitrogens with one attached hydrogen (secondary N) is 1. The van der Waals surface area contributed by atoms with E-state index in [-0.39, 0.29) is 5.56 Å². The highest BCUT2D eigenvalue weighted by atomic mass is 35.5. The molecule has 0 aliphatic carbocycles. The molecule has 0 spiro atoms. The van der Waals surface area contributed by atoms with Crippen LogP contribution >= 0.6 is 11.6 Å². The maximum Gasteiger partial charge on any atom is 0.337 e. The summed E-state index contributed by atoms with van der Waals surface area (Å²) < 4.78 is 1.58. The minimum Gasteiger partial charge on any atom is -0.478 e. The van der Waals surface area contributed by atoms with Crippen LogP contribution in [0.3, 0.4) is 0 Å². The molecule has 3 rings (SSSR count). The number of anilines is 2. The van der Waals surface area contributed by atoms with Gasteiger partial charge in [-0.25, -0.2) is 9.78 Å². The molecule has 0 aliphatic rings. The molecule has 2 heterocycles. The average Bonchev–Trinajstić information content (AvgIpc) is 2.98. The summed E-state index contributed by atoms with van der Waals surface area (Å²) in [5.41, 5.74) is 0.510. The number of aromatic carboxylic acids is 1. The van der Waals surface area contributed by atoms with Crippen LogP contribution in [0, 0.1) is 0 Å². The Morgan fingerprint density at radius 3 is 2.77 bits per heavy atom. The fraction of sp³-hybridized carbons (Fsp3) is 0. The Bertz CT molecular complexity index is 817. The number of nitrogens with zero attached hydrogens (tertiary/aromatic N) is 3. The number of benzene rings is 1. The van der Waals surface area contributed by atoms with Crippen LogP contribution in [0.4, 0.5) is 11.5 Å². The summed E-state index contributed by atoms with van der Waals surface area (Å²) in [4.78, 5) is 15.5. The van der Waals surface area contributed by atoms with Crippen molar-refractivity contribution >= 4 is 29.1 Å². The first-order valence-electron chi connectivity index (χ1n) is 6.40. The lowest BCUT2D eigenvalue weighted by Gasteiger charge is -2.11. The highest BCUT2D eigenvalue weighted by molar-refractivity contribution is 6.31. The van der Waals surface area contributed by atoms with Crippen LogP contribution in [0.5, 0.6) is 0 Å². The predicted molar refractivity (Wildman–Crippen MR) is 83.1 cm³/mol. The number of hydrogen-bond acceptors (Lipinski definition) is 4. The van der Waals surface area contributed by atoms with Crippen molar-refractivity contribution < 1.29 is 9.90 Å². The van der Waals surface area contributed by atoms with E-state index in [0.717, 1.165) is 0 Å². The first kappa shape index (κ1) is 14.1. The second-order valence-electron chi connectivity index (χ2n) is 4.44. The molecular weight excluding hydrogens is 304 g/mol. The molecule has 0 atom stereocenters. The number of carbonyl (C=O) groups is 1. The number of halogens is 1. The van der Waals surface area contributed by atoms with Crippen LogP contribution < -0.4 is 5.32 Å². The molecule has 22 heavy (non-hydrogen) atoms. The monoisotopic (exact) mass is 314 g/mol. The standard InChI is InChI=1S/C15H11ClN4O2/c16-10-4-5-12(11(9-10)15(21)22)19-14-6-8-18-20(14)13-3-1-2-7-17-13/h1-9,19H,(H,21,22). The van der Waals surface area contributed by atoms with Gasteiger partial charge in [0.25, 0.3) is 0 Å². The van der Waals surface area contributed by atoms with Crippen LogP contribution in [0.15, 0.2) is 54.9 Å². The van der Waals surface area contributed by atoms with Crippen LogP contribution in [-0.2, 0) is 0 Å². The molecule has 0 saturated heterocycles. The van der Waals surface area contributed by atoms with E-state index < -0.39 is 5.97 Å². The van der Waals surface area contributed by atoms with Crippen LogP contribution in [0.25, 0.3) is 5.82 Å². The van der Waals surface area contributed by atoms with E-state index in [4.69, 9.17) is 11.6 Å². The van der Waals surface area contributed by atoms with Crippen molar-refractivity contribution in [3.05, 3.63) is 65.4 Å². The van der Waals surface area contributed by atoms with Gasteiger partial charge in [0, 0.05) is 17.3 Å². The lowest BCUT2D eigenvalue weighted by molar-refractivity contribution is 0.0698. The van der Waals surface area contributed by atoms with Crippen molar-refractivity contribution in [3.8, 4) is 5.82 Å². The molecule has 0 aliphatic heterocycles. The minimum absolute atomic E-state index is 0.0845. The maximum absolute atomic E-state index is 11.3. The predicted octanol–water partition coefficient (Wildman–Crippen LogP) is 3.36. The van der Waals surface area contributed by atoms with Gasteiger partial charge in [0.2, 0.25) is 0 Å². The van der Waals surface area contributed by atoms with Gasteiger partial charge in [-0.3, -0.25) is 0 Å². The number of aromatic nitrogens is 3. The van der Waals surface area contributed by atoms with Crippen molar-refractivity contribution in [2.75, 3.05) is 5.32 Å². The summed E-state index contributed by atoms with van der Waals surface area (Å²) in [6.07, 6.45) is 3.26. The zero-order chi connectivity index (χ0) is 15.5. The van der Waals surface area contributed by atoms with Crippen LogP contribution in [0.2, 0.25) is 5.02 Å². The molecule has 2 aromatic heterocycles. The maximum atomic E-state index is 11.3. The quantitative estimate of drug-likeness (QED) is 0.772. The molecule has 7 heteroatoms. The van der Waals surface area contributed by atoms with Crippen molar-refractivity contribution in [2.45, 2.75) is 0 Å². The zero-order valence-corrected chi connectivity index (χ0v) is 12.0. The molecular formula is C15H11ClN4O2. The van der Waals surface area contributed by atoms with Crippen molar-refractivity contribution in [2.24, 2.45) is 0 Å². The van der Waals surface area contributed by atoms with Crippen molar-refractivity contribution in [1.82, 2.24) is 14.8 Å². The van der Waals surface area contributed by atoms with Crippen LogP contribution in [0.1, 0.15) is 10.4 Å². The van der Waals surface area contributed by atoms with E-state index >= 15 is 0 Å². The number of hydrogen-bond donors (Lipinski definition) is 2. The van der Waals surface area contributed by atoms with E-state index in [1.807, 2.05) is 12.1 Å². The lowest BCUT2D eigenvalue weighted by atomic mass is 10.2. The number of pyridine rings is 1. The average molecular weight is 315 g/mol. The summed E-state index contributed by atoms with van der Waals surface area (Å²) in [6.45, 7) is 0. The molecule has 0 unspecified atom stereocenters. The van der Waals surface area contributed by atoms with Crippen molar-refractivity contribution in [1.29, 1.82) is 0 Å². The first-order chi connectivity index (χ1) is 10.6. The highest BCUT2D eigenvalue weighted by Crippen LogP contribution is 2.25. The largest absolute Gasteiger partial charge is 0.478 e. The van der Waals surface area contributed by atoms with Crippen LogP contribution in [-0.4, -0.2) is 25.8 Å². The minimum atomic E-state index is -1.06. The van der Waals surface area contributed by atoms with E-state index in [9.17, 15) is 9.90 Å². The van der Waals surface area contributed by atoms with Gasteiger partial charge in [-0.05, 0) is 30.3 Å². The Kier molecular flexibility index (Phi) is 3.76. The third kappa shape index (κ3) is 2.77. The Morgan fingerprint density at radius 1 is 1.18 bits per heavy atom. The van der Waals surface area contributed by atoms with E-state index in [1.165, 1.54) is 6.07 Å². The summed E-state index contributed by atoms with van der Waals surface area (Å²) in [5, 5.41) is 16.9. The Hall–Kier alpha value is -2.86. The van der Waals surface area contributed by atoms with E-state index in [2.05, 4.69) is 15.4 Å². The summed E-state index contributed by atoms with van der Waals surface area (Å²) in [7, 11) is 0. The fourth-order valence-electron chi connectivity index (χ4n) is 2.00. The molecule has 0 amide bonds. The summed E-state index contributed by atoms with van der Waals surface area (Å²) >= 11 is 5.85. The summed E-state index contributed by atoms with van der Waals surface area (Å²) in [6, 6.07) is 11.8. The molecule has 110 valence electrons. The van der Waals surface area contributed by atoms with Gasteiger partial charge < -0.3 is 10.4 Å². The first-order valence-corrected chi connectivity index (χ1v) is 6.78. The van der Waals surface area contributed by atoms with Crippen molar-refractivity contribution in [3.63, 3.8) is 0 Å². The SMILES string of the molecule is O=C(O)c1cc(Cl)ccc1Nc1ccnn1-c1ccccn1. The summed E-state index contributed by atoms with van der Waals surface area (Å²) in [5.74, 6) is 0.165. The Labute approximate surface area is 131 Å². The molecule has 1 aromatic carbocycles. The lowest BCUT2D eigenvalue weighted by Crippen LogP contribution is -2.07. The van der Waals surface area contributed by atoms with Gasteiger partial charge in [-0.1, -0.05) is 17.7 Å². The fourth-order valence-corrected chi connectivity index (χ4v) is 2.17. The van der Waals surface area contributed by atoms with Gasteiger partial charge in [0.15, 0.2) is 5.82 Å². The molecule has 0 bridgehead atoms. The van der Waals surface area contributed by atoms with Gasteiger partial charge >= 0.3 is 5.97 Å². The molecule has 3 aromatic rings. The third-order valence-electron chi connectivity index (χ3n) is 2.98. The van der Waals surface area contributed by atoms with Gasteiger partial charge in [0.05, 0.1) is 17.4 Å². The van der Waals surface area contributed by atoms with Gasteiger partial charge in [0.1, 0.15) is 5.82 Å². The Balaban J connectivity index is 1.99. The second kappa shape index (κ2) is 5.87. The topological polar surface area (TPSA) is 80.0 Å². The number of carboxylic acids is 1.